The number of ether oxygens (including phenoxy) is 1. The number of benzene rings is 1. The molecule has 0 saturated carbocycles. The van der Waals surface area contributed by atoms with E-state index in [4.69, 9.17) is 4.74 Å². The molecule has 0 spiro atoms. The summed E-state index contributed by atoms with van der Waals surface area (Å²) in [5, 5.41) is 0.122. The molecule has 1 aromatic rings. The normalized spacial score (nSPS) is 19.8. The van der Waals surface area contributed by atoms with Gasteiger partial charge < -0.3 is 4.74 Å². The number of rotatable bonds is 3. The fourth-order valence-corrected chi connectivity index (χ4v) is 3.79. The van der Waals surface area contributed by atoms with E-state index in [1.54, 1.807) is 19.1 Å². The highest BCUT2D eigenvalue weighted by Gasteiger charge is 2.30. The summed E-state index contributed by atoms with van der Waals surface area (Å²) in [7, 11) is -3.42. The number of hydrogen-bond acceptors (Lipinski definition) is 4. The van der Waals surface area contributed by atoms with Crippen LogP contribution in [-0.4, -0.2) is 31.1 Å². The Labute approximate surface area is 119 Å². The van der Waals surface area contributed by atoms with Crippen molar-refractivity contribution in [1.82, 2.24) is 4.31 Å². The van der Waals surface area contributed by atoms with Crippen molar-refractivity contribution < 1.29 is 13.2 Å². The van der Waals surface area contributed by atoms with Crippen molar-refractivity contribution in [3.63, 3.8) is 0 Å². The molecular formula is C13H15NO3S2. The molecule has 1 aliphatic heterocycles. The molecule has 0 aromatic heterocycles. The molecule has 0 N–H and O–H groups in total. The standard InChI is InChI=1S/C13H15NO3S2/c1-2-9-17-11-3-5-13(6-4-11)19(15,16)14-8-7-12(18)10-14/h3-6,12,18H,7-8,10H2,1H3. The van der Waals surface area contributed by atoms with Gasteiger partial charge in [0, 0.05) is 25.3 Å². The monoisotopic (exact) mass is 297 g/mol. The lowest BCUT2D eigenvalue weighted by molar-refractivity contribution is 0.477. The minimum absolute atomic E-state index is 0.122. The van der Waals surface area contributed by atoms with Crippen LogP contribution >= 0.6 is 12.6 Å². The van der Waals surface area contributed by atoms with Crippen molar-refractivity contribution in [2.75, 3.05) is 13.1 Å². The van der Waals surface area contributed by atoms with E-state index in [0.717, 1.165) is 6.42 Å². The third-order valence-electron chi connectivity index (χ3n) is 2.86. The largest absolute Gasteiger partial charge is 0.408 e. The molecule has 0 bridgehead atoms. The second-order valence-electron chi connectivity index (χ2n) is 4.23. The summed E-state index contributed by atoms with van der Waals surface area (Å²) >= 11 is 4.31. The van der Waals surface area contributed by atoms with Gasteiger partial charge in [0.15, 0.2) is 0 Å². The fourth-order valence-electron chi connectivity index (χ4n) is 1.87. The summed E-state index contributed by atoms with van der Waals surface area (Å²) in [5.41, 5.74) is 0. The van der Waals surface area contributed by atoms with Gasteiger partial charge in [0.2, 0.25) is 10.0 Å². The van der Waals surface area contributed by atoms with E-state index in [2.05, 4.69) is 24.7 Å². The van der Waals surface area contributed by atoms with Crippen molar-refractivity contribution >= 4 is 22.7 Å². The SMILES string of the molecule is CC#COc1ccc(S(=O)(=O)N2CCC(S)C2)cc1. The van der Waals surface area contributed by atoms with Crippen molar-refractivity contribution in [1.29, 1.82) is 0 Å². The Bertz CT molecular complexity index is 599. The van der Waals surface area contributed by atoms with Gasteiger partial charge in [0.1, 0.15) is 11.9 Å². The van der Waals surface area contributed by atoms with E-state index >= 15 is 0 Å². The average Bonchev–Trinajstić information content (AvgIpc) is 2.84. The van der Waals surface area contributed by atoms with E-state index in [1.807, 2.05) is 0 Å². The first-order valence-corrected chi connectivity index (χ1v) is 7.86. The van der Waals surface area contributed by atoms with E-state index in [1.165, 1.54) is 16.4 Å². The minimum Gasteiger partial charge on any atom is -0.408 e. The topological polar surface area (TPSA) is 46.6 Å². The van der Waals surface area contributed by atoms with Gasteiger partial charge in [-0.05, 0) is 30.7 Å². The molecule has 1 saturated heterocycles. The maximum Gasteiger partial charge on any atom is 0.243 e. The van der Waals surface area contributed by atoms with Gasteiger partial charge >= 0.3 is 0 Å². The molecule has 0 aliphatic carbocycles. The zero-order chi connectivity index (χ0) is 13.9. The number of hydrogen-bond donors (Lipinski definition) is 1. The van der Waals surface area contributed by atoms with Gasteiger partial charge in [-0.2, -0.15) is 16.9 Å². The summed E-state index contributed by atoms with van der Waals surface area (Å²) in [6, 6.07) is 6.28. The minimum atomic E-state index is -3.42. The molecule has 1 unspecified atom stereocenters. The van der Waals surface area contributed by atoms with E-state index in [9.17, 15) is 8.42 Å². The van der Waals surface area contributed by atoms with Crippen LogP contribution in [0.5, 0.6) is 5.75 Å². The lowest BCUT2D eigenvalue weighted by atomic mass is 10.3. The predicted molar refractivity (Wildman–Crippen MR) is 76.7 cm³/mol. The molecule has 1 fully saturated rings. The van der Waals surface area contributed by atoms with Crippen molar-refractivity contribution in [2.45, 2.75) is 23.5 Å². The second kappa shape index (κ2) is 5.87. The second-order valence-corrected chi connectivity index (χ2v) is 6.90. The van der Waals surface area contributed by atoms with Crippen LogP contribution in [0.1, 0.15) is 13.3 Å². The smallest absolute Gasteiger partial charge is 0.243 e. The molecule has 102 valence electrons. The van der Waals surface area contributed by atoms with Crippen molar-refractivity contribution in [3.05, 3.63) is 24.3 Å². The van der Waals surface area contributed by atoms with E-state index in [0.29, 0.717) is 18.8 Å². The summed E-state index contributed by atoms with van der Waals surface area (Å²) in [6.45, 7) is 2.65. The molecule has 6 heteroatoms. The average molecular weight is 297 g/mol. The molecule has 19 heavy (non-hydrogen) atoms. The molecule has 1 aliphatic rings. The molecule has 2 rings (SSSR count). The molecule has 0 amide bonds. The Hall–Kier alpha value is -1.16. The van der Waals surface area contributed by atoms with Gasteiger partial charge in [0.05, 0.1) is 4.90 Å². The molecule has 0 radical (unpaired) electrons. The van der Waals surface area contributed by atoms with Crippen molar-refractivity contribution in [3.8, 4) is 17.8 Å². The molecule has 1 aromatic carbocycles. The molecule has 1 atom stereocenters. The zero-order valence-corrected chi connectivity index (χ0v) is 12.2. The third-order valence-corrected chi connectivity index (χ3v) is 5.16. The maximum atomic E-state index is 12.3. The first kappa shape index (κ1) is 14.3. The van der Waals surface area contributed by atoms with E-state index in [-0.39, 0.29) is 10.1 Å². The highest BCUT2D eigenvalue weighted by atomic mass is 32.2. The lowest BCUT2D eigenvalue weighted by Crippen LogP contribution is -2.28. The molecule has 4 nitrogen and oxygen atoms in total. The first-order chi connectivity index (χ1) is 9.04. The molecular weight excluding hydrogens is 282 g/mol. The lowest BCUT2D eigenvalue weighted by Gasteiger charge is -2.15. The van der Waals surface area contributed by atoms with Crippen LogP contribution in [0.25, 0.3) is 0 Å². The van der Waals surface area contributed by atoms with Crippen LogP contribution in [0.15, 0.2) is 29.2 Å². The van der Waals surface area contributed by atoms with Crippen LogP contribution < -0.4 is 4.74 Å². The van der Waals surface area contributed by atoms with Crippen molar-refractivity contribution in [2.24, 2.45) is 0 Å². The predicted octanol–water partition coefficient (Wildman–Crippen LogP) is 1.74. The highest BCUT2D eigenvalue weighted by molar-refractivity contribution is 7.89. The van der Waals surface area contributed by atoms with Gasteiger partial charge in [-0.15, -0.1) is 0 Å². The number of thiol groups is 1. The summed E-state index contributed by atoms with van der Waals surface area (Å²) in [5.74, 6) is 3.13. The Morgan fingerprint density at radius 1 is 1.37 bits per heavy atom. The first-order valence-electron chi connectivity index (χ1n) is 5.91. The molecule has 1 heterocycles. The number of sulfonamides is 1. The fraction of sp³-hybridized carbons (Fsp3) is 0.385. The van der Waals surface area contributed by atoms with Crippen LogP contribution in [-0.2, 0) is 10.0 Å². The Morgan fingerprint density at radius 3 is 2.58 bits per heavy atom. The summed E-state index contributed by atoms with van der Waals surface area (Å²) < 4.78 is 31.2. The van der Waals surface area contributed by atoms with Gasteiger partial charge in [0.25, 0.3) is 0 Å². The summed E-state index contributed by atoms with van der Waals surface area (Å²) in [4.78, 5) is 0.270. The summed E-state index contributed by atoms with van der Waals surface area (Å²) in [6.07, 6.45) is 3.25. The Kier molecular flexibility index (Phi) is 4.40. The Morgan fingerprint density at radius 2 is 2.05 bits per heavy atom. The van der Waals surface area contributed by atoms with Gasteiger partial charge in [-0.1, -0.05) is 5.92 Å². The zero-order valence-electron chi connectivity index (χ0n) is 10.5. The van der Waals surface area contributed by atoms with Gasteiger partial charge in [-0.25, -0.2) is 8.42 Å². The van der Waals surface area contributed by atoms with Gasteiger partial charge in [-0.3, -0.25) is 0 Å². The van der Waals surface area contributed by atoms with Crippen LogP contribution in [0.2, 0.25) is 0 Å². The van der Waals surface area contributed by atoms with Crippen LogP contribution in [0, 0.1) is 12.0 Å². The van der Waals surface area contributed by atoms with E-state index < -0.39 is 10.0 Å². The maximum absolute atomic E-state index is 12.3. The van der Waals surface area contributed by atoms with Crippen LogP contribution in [0.3, 0.4) is 0 Å². The highest BCUT2D eigenvalue weighted by Crippen LogP contribution is 2.24. The Balaban J connectivity index is 2.18. The number of nitrogens with zero attached hydrogens (tertiary/aromatic N) is 1. The third kappa shape index (κ3) is 3.24. The van der Waals surface area contributed by atoms with Crippen LogP contribution in [0.4, 0.5) is 0 Å². The quantitative estimate of drug-likeness (QED) is 0.683.